The molecule has 5 nitrogen and oxygen atoms in total. The summed E-state index contributed by atoms with van der Waals surface area (Å²) in [5.41, 5.74) is 2.69. The number of hydrogen-bond acceptors (Lipinski definition) is 4. The van der Waals surface area contributed by atoms with Gasteiger partial charge in [0.2, 0.25) is 0 Å². The fourth-order valence-corrected chi connectivity index (χ4v) is 3.52. The maximum Gasteiger partial charge on any atom is 0.419 e. The molecule has 27 heavy (non-hydrogen) atoms. The van der Waals surface area contributed by atoms with Crippen molar-refractivity contribution in [3.63, 3.8) is 0 Å². The Labute approximate surface area is 163 Å². The summed E-state index contributed by atoms with van der Waals surface area (Å²) in [6.45, 7) is 14.9. The molecule has 1 aromatic carbocycles. The number of fused-ring (bicyclic) bond motifs is 1. The van der Waals surface area contributed by atoms with Gasteiger partial charge in [-0.3, -0.25) is 0 Å². The van der Waals surface area contributed by atoms with E-state index >= 15 is 0 Å². The van der Waals surface area contributed by atoms with Gasteiger partial charge in [-0.1, -0.05) is 19.9 Å². The van der Waals surface area contributed by atoms with Gasteiger partial charge in [0.25, 0.3) is 0 Å². The molecule has 0 unspecified atom stereocenters. The van der Waals surface area contributed by atoms with Crippen LogP contribution in [0.2, 0.25) is 0 Å². The van der Waals surface area contributed by atoms with E-state index in [4.69, 9.17) is 4.74 Å². The second kappa shape index (κ2) is 8.03. The molecule has 0 atom stereocenters. The van der Waals surface area contributed by atoms with Crippen LogP contribution in [0.15, 0.2) is 24.3 Å². The van der Waals surface area contributed by atoms with Gasteiger partial charge in [0.1, 0.15) is 5.60 Å². The van der Waals surface area contributed by atoms with Crippen LogP contribution in [-0.2, 0) is 11.3 Å². The predicted molar refractivity (Wildman–Crippen MR) is 112 cm³/mol. The van der Waals surface area contributed by atoms with Crippen LogP contribution in [0.1, 0.15) is 45.9 Å². The first-order valence-electron chi connectivity index (χ1n) is 9.58. The third-order valence-electron chi connectivity index (χ3n) is 4.30. The Balaban J connectivity index is 2.11. The number of carbonyl (C=O) groups excluding carboxylic acids is 1. The van der Waals surface area contributed by atoms with E-state index in [2.05, 4.69) is 50.3 Å². The molecule has 1 aromatic heterocycles. The maximum atomic E-state index is 12.5. The molecule has 0 aliphatic heterocycles. The minimum atomic E-state index is -0.511. The highest BCUT2D eigenvalue weighted by atomic mass is 16.6. The molecule has 0 saturated carbocycles. The predicted octanol–water partition coefficient (Wildman–Crippen LogP) is 4.41. The van der Waals surface area contributed by atoms with Crippen LogP contribution in [0, 0.1) is 12.3 Å². The average Bonchev–Trinajstić information content (AvgIpc) is 2.78. The van der Waals surface area contributed by atoms with Crippen LogP contribution in [0.5, 0.6) is 0 Å². The molecule has 0 fully saturated rings. The molecule has 1 heterocycles. The first-order chi connectivity index (χ1) is 12.4. The van der Waals surface area contributed by atoms with Crippen molar-refractivity contribution < 1.29 is 9.53 Å². The normalized spacial score (nSPS) is 12.8. The fourth-order valence-electron chi connectivity index (χ4n) is 3.52. The molecular formula is C22H35N3O2. The Bertz CT molecular complexity index is 798. The second-order valence-electron chi connectivity index (χ2n) is 9.50. The first kappa shape index (κ1) is 21.5. The molecule has 1 N–H and O–H groups in total. The standard InChI is InChI=1S/C22H35N3O2/c1-16-11-18-12-17(13-23-14-22(5,6)15-24(7)8)9-10-19(18)25(16)20(26)27-21(2,3)4/h9-12,23H,13-15H2,1-8H3. The lowest BCUT2D eigenvalue weighted by atomic mass is 9.93. The van der Waals surface area contributed by atoms with Crippen LogP contribution in [0.25, 0.3) is 10.9 Å². The van der Waals surface area contributed by atoms with Gasteiger partial charge < -0.3 is 15.0 Å². The number of carbonyl (C=O) groups is 1. The van der Waals surface area contributed by atoms with Gasteiger partial charge in [0.15, 0.2) is 0 Å². The second-order valence-corrected chi connectivity index (χ2v) is 9.50. The van der Waals surface area contributed by atoms with Crippen molar-refractivity contribution in [2.24, 2.45) is 5.41 Å². The van der Waals surface area contributed by atoms with Crippen LogP contribution in [-0.4, -0.2) is 48.3 Å². The molecule has 0 bridgehead atoms. The third kappa shape index (κ3) is 6.08. The number of ether oxygens (including phenoxy) is 1. The van der Waals surface area contributed by atoms with E-state index in [0.717, 1.165) is 36.2 Å². The van der Waals surface area contributed by atoms with Crippen molar-refractivity contribution in [1.82, 2.24) is 14.8 Å². The van der Waals surface area contributed by atoms with Gasteiger partial charge >= 0.3 is 6.09 Å². The highest BCUT2D eigenvalue weighted by Gasteiger charge is 2.21. The number of aromatic nitrogens is 1. The zero-order chi connectivity index (χ0) is 20.4. The first-order valence-corrected chi connectivity index (χ1v) is 9.58. The van der Waals surface area contributed by atoms with Gasteiger partial charge in [0, 0.05) is 30.7 Å². The molecule has 0 saturated heterocycles. The average molecular weight is 374 g/mol. The molecule has 5 heteroatoms. The van der Waals surface area contributed by atoms with E-state index < -0.39 is 5.60 Å². The van der Waals surface area contributed by atoms with Crippen molar-refractivity contribution in [2.45, 2.75) is 53.7 Å². The molecular weight excluding hydrogens is 338 g/mol. The summed E-state index contributed by atoms with van der Waals surface area (Å²) in [5.74, 6) is 0. The highest BCUT2D eigenvalue weighted by Crippen LogP contribution is 2.23. The van der Waals surface area contributed by atoms with Gasteiger partial charge in [-0.2, -0.15) is 0 Å². The zero-order valence-corrected chi connectivity index (χ0v) is 18.1. The number of hydrogen-bond donors (Lipinski definition) is 1. The summed E-state index contributed by atoms with van der Waals surface area (Å²) < 4.78 is 7.19. The Morgan fingerprint density at radius 1 is 1.15 bits per heavy atom. The lowest BCUT2D eigenvalue weighted by molar-refractivity contribution is 0.0541. The highest BCUT2D eigenvalue weighted by molar-refractivity contribution is 5.91. The van der Waals surface area contributed by atoms with Crippen LogP contribution in [0.3, 0.4) is 0 Å². The van der Waals surface area contributed by atoms with Crippen molar-refractivity contribution in [2.75, 3.05) is 27.2 Å². The molecule has 2 rings (SSSR count). The summed E-state index contributed by atoms with van der Waals surface area (Å²) >= 11 is 0. The van der Waals surface area contributed by atoms with Gasteiger partial charge in [-0.05, 0) is 71.0 Å². The number of nitrogens with one attached hydrogen (secondary N) is 1. The van der Waals surface area contributed by atoms with Crippen molar-refractivity contribution in [3.8, 4) is 0 Å². The van der Waals surface area contributed by atoms with Crippen LogP contribution >= 0.6 is 0 Å². The number of nitrogens with zero attached hydrogens (tertiary/aromatic N) is 2. The lowest BCUT2D eigenvalue weighted by Gasteiger charge is -2.28. The third-order valence-corrected chi connectivity index (χ3v) is 4.30. The van der Waals surface area contributed by atoms with E-state index in [1.54, 1.807) is 4.57 Å². The van der Waals surface area contributed by atoms with Crippen LogP contribution < -0.4 is 5.32 Å². The monoisotopic (exact) mass is 373 g/mol. The SMILES string of the molecule is Cc1cc2cc(CNCC(C)(C)CN(C)C)ccc2n1C(=O)OC(C)(C)C. The van der Waals surface area contributed by atoms with E-state index in [1.807, 2.05) is 39.8 Å². The van der Waals surface area contributed by atoms with Crippen LogP contribution in [0.4, 0.5) is 4.79 Å². The maximum absolute atomic E-state index is 12.5. The number of benzene rings is 1. The van der Waals surface area contributed by atoms with Gasteiger partial charge in [-0.25, -0.2) is 9.36 Å². The molecule has 0 radical (unpaired) electrons. The quantitative estimate of drug-likeness (QED) is 0.815. The zero-order valence-electron chi connectivity index (χ0n) is 18.1. The largest absolute Gasteiger partial charge is 0.443 e. The molecule has 2 aromatic rings. The minimum absolute atomic E-state index is 0.213. The van der Waals surface area contributed by atoms with E-state index in [-0.39, 0.29) is 11.5 Å². The molecule has 0 aliphatic carbocycles. The molecule has 0 amide bonds. The Morgan fingerprint density at radius 3 is 2.41 bits per heavy atom. The van der Waals surface area contributed by atoms with Gasteiger partial charge in [0.05, 0.1) is 5.52 Å². The van der Waals surface area contributed by atoms with Gasteiger partial charge in [-0.15, -0.1) is 0 Å². The van der Waals surface area contributed by atoms with Crippen molar-refractivity contribution in [1.29, 1.82) is 0 Å². The minimum Gasteiger partial charge on any atom is -0.443 e. The molecule has 0 spiro atoms. The number of aryl methyl sites for hydroxylation is 1. The fraction of sp³-hybridized carbons (Fsp3) is 0.591. The Kier molecular flexibility index (Phi) is 6.38. The number of rotatable bonds is 6. The summed E-state index contributed by atoms with van der Waals surface area (Å²) in [6.07, 6.45) is -0.327. The summed E-state index contributed by atoms with van der Waals surface area (Å²) in [7, 11) is 4.21. The lowest BCUT2D eigenvalue weighted by Crippen LogP contribution is -2.37. The van der Waals surface area contributed by atoms with Crippen molar-refractivity contribution in [3.05, 3.63) is 35.5 Å². The topological polar surface area (TPSA) is 46.5 Å². The van der Waals surface area contributed by atoms with E-state index in [0.29, 0.717) is 0 Å². The van der Waals surface area contributed by atoms with E-state index in [9.17, 15) is 4.79 Å². The van der Waals surface area contributed by atoms with E-state index in [1.165, 1.54) is 5.56 Å². The smallest absolute Gasteiger partial charge is 0.419 e. The Morgan fingerprint density at radius 2 is 1.81 bits per heavy atom. The van der Waals surface area contributed by atoms with Crippen molar-refractivity contribution >= 4 is 17.0 Å². The summed E-state index contributed by atoms with van der Waals surface area (Å²) in [4.78, 5) is 14.8. The summed E-state index contributed by atoms with van der Waals surface area (Å²) in [5, 5.41) is 4.62. The molecule has 0 aliphatic rings. The molecule has 150 valence electrons. The Hall–Kier alpha value is -1.85. The summed E-state index contributed by atoms with van der Waals surface area (Å²) in [6, 6.07) is 8.27.